The van der Waals surface area contributed by atoms with Crippen LogP contribution in [0.25, 0.3) is 0 Å². The molecule has 0 aromatic carbocycles. The molecule has 9 heteroatoms. The van der Waals surface area contributed by atoms with Gasteiger partial charge in [-0.25, -0.2) is 5.43 Å². The fourth-order valence-electron chi connectivity index (χ4n) is 4.84. The smallest absolute Gasteiger partial charge is 0.136 e. The number of rotatable bonds is 8. The second-order valence-electron chi connectivity index (χ2n) is 9.14. The predicted molar refractivity (Wildman–Crippen MR) is 123 cm³/mol. The van der Waals surface area contributed by atoms with Crippen molar-refractivity contribution in [2.75, 3.05) is 59.5 Å². The van der Waals surface area contributed by atoms with Crippen molar-refractivity contribution in [1.82, 2.24) is 41.5 Å². The van der Waals surface area contributed by atoms with E-state index in [2.05, 4.69) is 68.5 Å². The summed E-state index contributed by atoms with van der Waals surface area (Å²) in [5.41, 5.74) is 6.29. The Kier molecular flexibility index (Phi) is 7.60. The second kappa shape index (κ2) is 10.4. The monoisotopic (exact) mass is 434 g/mol. The van der Waals surface area contributed by atoms with Crippen LogP contribution in [0.2, 0.25) is 0 Å². The van der Waals surface area contributed by atoms with E-state index in [4.69, 9.17) is 4.74 Å². The molecule has 0 aromatic heterocycles. The third-order valence-corrected chi connectivity index (χ3v) is 6.76. The molecule has 0 amide bonds. The lowest BCUT2D eigenvalue weighted by Crippen LogP contribution is -2.67. The van der Waals surface area contributed by atoms with Crippen LogP contribution in [-0.4, -0.2) is 92.8 Å². The van der Waals surface area contributed by atoms with Crippen LogP contribution in [-0.2, 0) is 4.74 Å². The number of hydrazine groups is 1. The number of nitrogens with one attached hydrogen (secondary N) is 5. The first kappa shape index (κ1) is 22.7. The van der Waals surface area contributed by atoms with E-state index in [0.29, 0.717) is 18.6 Å². The summed E-state index contributed by atoms with van der Waals surface area (Å²) in [6.07, 6.45) is 4.69. The molecule has 0 saturated carbocycles. The summed E-state index contributed by atoms with van der Waals surface area (Å²) in [5, 5.41) is 17.3. The topological polar surface area (TPSA) is 79.1 Å². The van der Waals surface area contributed by atoms with Crippen molar-refractivity contribution in [2.45, 2.75) is 52.1 Å². The first-order valence-corrected chi connectivity index (χ1v) is 12.1. The lowest BCUT2D eigenvalue weighted by molar-refractivity contribution is 0.0629. The Morgan fingerprint density at radius 3 is 2.71 bits per heavy atom. The standard InChI is InChI=1S/C22H42N8O/c1-5-17-19-20(30(27-17)13-14-31-6-2)21(24-18-15-16(3)7-8-23-18)26-22(25-19)29-11-9-28(4)10-12-29/h15-17,21-27H,5-14H2,1-4H3. The third-order valence-electron chi connectivity index (χ3n) is 6.76. The highest BCUT2D eigenvalue weighted by molar-refractivity contribution is 5.30. The summed E-state index contributed by atoms with van der Waals surface area (Å²) in [4.78, 5) is 4.93. The van der Waals surface area contributed by atoms with Crippen LogP contribution in [0.3, 0.4) is 0 Å². The molecule has 4 aliphatic rings. The molecule has 0 bridgehead atoms. The van der Waals surface area contributed by atoms with Crippen LogP contribution in [0, 0.1) is 5.92 Å². The zero-order valence-corrected chi connectivity index (χ0v) is 19.7. The van der Waals surface area contributed by atoms with Gasteiger partial charge in [0.05, 0.1) is 36.4 Å². The molecule has 31 heavy (non-hydrogen) atoms. The molecule has 4 heterocycles. The minimum atomic E-state index is 0.0237. The fraction of sp³-hybridized carbons (Fsp3) is 0.818. The van der Waals surface area contributed by atoms with Crippen molar-refractivity contribution >= 4 is 0 Å². The Hall–Kier alpha value is -1.52. The van der Waals surface area contributed by atoms with Crippen LogP contribution < -0.4 is 26.7 Å². The van der Waals surface area contributed by atoms with Crippen LogP contribution in [0.15, 0.2) is 23.3 Å². The Labute approximate surface area is 187 Å². The average Bonchev–Trinajstić information content (AvgIpc) is 3.12. The molecule has 4 aliphatic heterocycles. The van der Waals surface area contributed by atoms with Crippen molar-refractivity contribution in [1.29, 1.82) is 0 Å². The molecular formula is C22H42N8O. The van der Waals surface area contributed by atoms with Gasteiger partial charge in [0.25, 0.3) is 0 Å². The molecule has 0 spiro atoms. The number of hydrogen-bond acceptors (Lipinski definition) is 9. The van der Waals surface area contributed by atoms with Crippen molar-refractivity contribution in [3.05, 3.63) is 23.3 Å². The third kappa shape index (κ3) is 5.28. The van der Waals surface area contributed by atoms with E-state index in [9.17, 15) is 0 Å². The second-order valence-corrected chi connectivity index (χ2v) is 9.14. The SMILES string of the molecule is CCOCCN1NC(CC)C2=C1C(NC1=CC(C)CCN1)NC(N1CCN(C)CC1)N2. The van der Waals surface area contributed by atoms with Crippen molar-refractivity contribution < 1.29 is 4.74 Å². The van der Waals surface area contributed by atoms with Crippen LogP contribution in [0.1, 0.15) is 33.6 Å². The quantitative estimate of drug-likeness (QED) is 0.338. The van der Waals surface area contributed by atoms with Gasteiger partial charge in [0.15, 0.2) is 0 Å². The summed E-state index contributed by atoms with van der Waals surface area (Å²) in [6, 6.07) is 0.296. The van der Waals surface area contributed by atoms with Gasteiger partial charge < -0.3 is 30.6 Å². The van der Waals surface area contributed by atoms with Crippen LogP contribution in [0.4, 0.5) is 0 Å². The van der Waals surface area contributed by atoms with Crippen LogP contribution >= 0.6 is 0 Å². The molecule has 176 valence electrons. The van der Waals surface area contributed by atoms with Crippen molar-refractivity contribution in [3.63, 3.8) is 0 Å². The number of ether oxygens (including phenoxy) is 1. The molecule has 4 unspecified atom stereocenters. The molecule has 0 aliphatic carbocycles. The summed E-state index contributed by atoms with van der Waals surface area (Å²) >= 11 is 0. The van der Waals surface area contributed by atoms with Gasteiger partial charge in [-0.1, -0.05) is 13.8 Å². The van der Waals surface area contributed by atoms with Crippen molar-refractivity contribution in [3.8, 4) is 0 Å². The largest absolute Gasteiger partial charge is 0.380 e. The molecule has 9 nitrogen and oxygen atoms in total. The fourth-order valence-corrected chi connectivity index (χ4v) is 4.84. The minimum absolute atomic E-state index is 0.0237. The Balaban J connectivity index is 1.57. The average molecular weight is 435 g/mol. The van der Waals surface area contributed by atoms with E-state index in [0.717, 1.165) is 58.1 Å². The zero-order valence-electron chi connectivity index (χ0n) is 19.7. The number of allylic oxidation sites excluding steroid dienone is 1. The highest BCUT2D eigenvalue weighted by atomic mass is 16.5. The maximum atomic E-state index is 5.67. The first-order valence-electron chi connectivity index (χ1n) is 12.1. The van der Waals surface area contributed by atoms with E-state index in [1.807, 2.05) is 6.92 Å². The van der Waals surface area contributed by atoms with Gasteiger partial charge in [0.1, 0.15) is 12.5 Å². The summed E-state index contributed by atoms with van der Waals surface area (Å²) in [6.45, 7) is 14.2. The number of nitrogens with zero attached hydrogens (tertiary/aromatic N) is 3. The molecule has 5 N–H and O–H groups in total. The highest BCUT2D eigenvalue weighted by Crippen LogP contribution is 2.27. The summed E-state index contributed by atoms with van der Waals surface area (Å²) in [7, 11) is 2.21. The molecule has 1 fully saturated rings. The van der Waals surface area contributed by atoms with Gasteiger partial charge in [-0.2, -0.15) is 0 Å². The van der Waals surface area contributed by atoms with E-state index in [1.54, 1.807) is 0 Å². The van der Waals surface area contributed by atoms with Crippen LogP contribution in [0.5, 0.6) is 0 Å². The highest BCUT2D eigenvalue weighted by Gasteiger charge is 2.41. The van der Waals surface area contributed by atoms with Gasteiger partial charge >= 0.3 is 0 Å². The lowest BCUT2D eigenvalue weighted by Gasteiger charge is -2.44. The van der Waals surface area contributed by atoms with E-state index >= 15 is 0 Å². The first-order chi connectivity index (χ1) is 15.1. The zero-order chi connectivity index (χ0) is 21.8. The van der Waals surface area contributed by atoms with Gasteiger partial charge in [0, 0.05) is 39.3 Å². The predicted octanol–water partition coefficient (Wildman–Crippen LogP) is -0.0564. The number of hydrogen-bond donors (Lipinski definition) is 5. The molecule has 1 saturated heterocycles. The maximum absolute atomic E-state index is 5.67. The lowest BCUT2D eigenvalue weighted by atomic mass is 10.0. The van der Waals surface area contributed by atoms with Gasteiger partial charge in [-0.15, -0.1) is 0 Å². The summed E-state index contributed by atoms with van der Waals surface area (Å²) in [5.74, 6) is 1.72. The Morgan fingerprint density at radius 2 is 2.00 bits per heavy atom. The Bertz CT molecular complexity index is 660. The van der Waals surface area contributed by atoms with Gasteiger partial charge in [-0.05, 0) is 38.8 Å². The maximum Gasteiger partial charge on any atom is 0.136 e. The van der Waals surface area contributed by atoms with E-state index in [-0.39, 0.29) is 12.5 Å². The van der Waals surface area contributed by atoms with Gasteiger partial charge in [-0.3, -0.25) is 10.2 Å². The van der Waals surface area contributed by atoms with E-state index in [1.165, 1.54) is 17.8 Å². The molecule has 0 radical (unpaired) electrons. The molecule has 0 aromatic rings. The normalized spacial score (nSPS) is 32.4. The Morgan fingerprint density at radius 1 is 1.19 bits per heavy atom. The van der Waals surface area contributed by atoms with E-state index < -0.39 is 0 Å². The number of piperazine rings is 1. The molecule has 4 atom stereocenters. The van der Waals surface area contributed by atoms with Crippen molar-refractivity contribution in [2.24, 2.45) is 5.92 Å². The van der Waals surface area contributed by atoms with Gasteiger partial charge in [0.2, 0.25) is 0 Å². The summed E-state index contributed by atoms with van der Waals surface area (Å²) < 4.78 is 5.67. The molecular weight excluding hydrogens is 392 g/mol. The molecule has 4 rings (SSSR count). The minimum Gasteiger partial charge on any atom is -0.380 e. The number of likely N-dealkylation sites (N-methyl/N-ethyl adjacent to an activating group) is 1.